The molecule has 0 unspecified atom stereocenters. The summed E-state index contributed by atoms with van der Waals surface area (Å²) in [6.45, 7) is 2.00. The molecule has 1 aliphatic heterocycles. The number of amides is 2. The zero-order valence-corrected chi connectivity index (χ0v) is 7.46. The molecule has 2 fully saturated rings. The van der Waals surface area contributed by atoms with E-state index in [-0.39, 0.29) is 6.03 Å². The maximum atomic E-state index is 11.2. The van der Waals surface area contributed by atoms with Crippen molar-refractivity contribution < 1.29 is 9.28 Å². The molecular formula is C9H17N2O+. The highest BCUT2D eigenvalue weighted by Gasteiger charge is 2.54. The van der Waals surface area contributed by atoms with Crippen LogP contribution in [0.25, 0.3) is 0 Å². The summed E-state index contributed by atoms with van der Waals surface area (Å²) < 4.78 is 0.611. The van der Waals surface area contributed by atoms with Crippen LogP contribution in [0.3, 0.4) is 0 Å². The number of hydrogen-bond donors (Lipinski definition) is 1. The number of hydrogen-bond acceptors (Lipinski definition) is 1. The highest BCUT2D eigenvalue weighted by molar-refractivity contribution is 5.66. The van der Waals surface area contributed by atoms with Gasteiger partial charge in [-0.1, -0.05) is 6.42 Å². The number of nitrogens with zero attached hydrogens (tertiary/aromatic N) is 1. The second-order valence-corrected chi connectivity index (χ2v) is 4.11. The molecule has 0 bridgehead atoms. The minimum atomic E-state index is -0.0955. The Morgan fingerprint density at radius 3 is 2.17 bits per heavy atom. The van der Waals surface area contributed by atoms with Gasteiger partial charge in [0.25, 0.3) is 0 Å². The smallest absolute Gasteiger partial charge is 0.319 e. The van der Waals surface area contributed by atoms with Crippen molar-refractivity contribution in [2.24, 2.45) is 5.73 Å². The van der Waals surface area contributed by atoms with Gasteiger partial charge in [0.15, 0.2) is 0 Å². The van der Waals surface area contributed by atoms with Gasteiger partial charge in [0.05, 0.1) is 6.04 Å². The summed E-state index contributed by atoms with van der Waals surface area (Å²) in [4.78, 5) is 11.2. The first-order valence-electron chi connectivity index (χ1n) is 4.92. The molecule has 0 aromatic rings. The van der Waals surface area contributed by atoms with Gasteiger partial charge in [-0.2, -0.15) is 0 Å². The normalized spacial score (nSPS) is 28.3. The molecule has 1 aliphatic carbocycles. The van der Waals surface area contributed by atoms with Gasteiger partial charge in [-0.25, -0.2) is 9.28 Å². The van der Waals surface area contributed by atoms with Gasteiger partial charge in [-0.3, -0.25) is 0 Å². The van der Waals surface area contributed by atoms with Crippen LogP contribution in [0.5, 0.6) is 0 Å². The summed E-state index contributed by atoms with van der Waals surface area (Å²) in [6.07, 6.45) is 6.34. The van der Waals surface area contributed by atoms with E-state index < -0.39 is 0 Å². The molecule has 1 saturated heterocycles. The van der Waals surface area contributed by atoms with E-state index in [0.717, 1.165) is 13.1 Å². The molecule has 2 aliphatic rings. The van der Waals surface area contributed by atoms with Crippen LogP contribution in [0.1, 0.15) is 32.1 Å². The second-order valence-electron chi connectivity index (χ2n) is 4.11. The number of quaternary nitrogens is 1. The highest BCUT2D eigenvalue weighted by atomic mass is 16.2. The van der Waals surface area contributed by atoms with Crippen molar-refractivity contribution in [1.82, 2.24) is 0 Å². The fourth-order valence-corrected chi connectivity index (χ4v) is 2.45. The monoisotopic (exact) mass is 169 g/mol. The summed E-state index contributed by atoms with van der Waals surface area (Å²) in [5.41, 5.74) is 5.40. The largest absolute Gasteiger partial charge is 0.414 e. The van der Waals surface area contributed by atoms with Crippen LogP contribution >= 0.6 is 0 Å². The van der Waals surface area contributed by atoms with Crippen molar-refractivity contribution in [3.05, 3.63) is 0 Å². The topological polar surface area (TPSA) is 43.1 Å². The van der Waals surface area contributed by atoms with Crippen LogP contribution < -0.4 is 5.73 Å². The maximum absolute atomic E-state index is 11.2. The summed E-state index contributed by atoms with van der Waals surface area (Å²) in [5, 5.41) is 0. The van der Waals surface area contributed by atoms with Crippen LogP contribution in [0, 0.1) is 0 Å². The SMILES string of the molecule is NC(=O)[N+]1(C2CCCCC2)CC1. The number of carbonyl (C=O) groups excluding carboxylic acids is 1. The number of rotatable bonds is 1. The van der Waals surface area contributed by atoms with E-state index in [1.54, 1.807) is 0 Å². The Bertz CT molecular complexity index is 193. The van der Waals surface area contributed by atoms with Gasteiger partial charge in [0.1, 0.15) is 13.1 Å². The molecule has 2 N–H and O–H groups in total. The zero-order valence-electron chi connectivity index (χ0n) is 7.46. The molecule has 2 amide bonds. The summed E-state index contributed by atoms with van der Waals surface area (Å²) in [7, 11) is 0. The Morgan fingerprint density at radius 2 is 1.75 bits per heavy atom. The first-order valence-corrected chi connectivity index (χ1v) is 4.92. The van der Waals surface area contributed by atoms with E-state index >= 15 is 0 Å². The second kappa shape index (κ2) is 2.73. The van der Waals surface area contributed by atoms with Gasteiger partial charge in [-0.15, -0.1) is 0 Å². The van der Waals surface area contributed by atoms with Crippen LogP contribution in [-0.2, 0) is 0 Å². The fourth-order valence-electron chi connectivity index (χ4n) is 2.45. The molecule has 3 heteroatoms. The lowest BCUT2D eigenvalue weighted by Crippen LogP contribution is -2.47. The number of carbonyl (C=O) groups is 1. The molecule has 1 saturated carbocycles. The van der Waals surface area contributed by atoms with Gasteiger partial charge < -0.3 is 5.73 Å². The number of urea groups is 1. The standard InChI is InChI=1S/C9H16N2O/c10-9(12)11(6-7-11)8-4-2-1-3-5-8/h8H,1-7H2,(H-,10,12)/p+1. The zero-order chi connectivity index (χ0) is 8.60. The summed E-state index contributed by atoms with van der Waals surface area (Å²) >= 11 is 0. The maximum Gasteiger partial charge on any atom is 0.414 e. The molecule has 0 aromatic carbocycles. The average Bonchev–Trinajstić information content (AvgIpc) is 2.86. The van der Waals surface area contributed by atoms with E-state index in [2.05, 4.69) is 0 Å². The highest BCUT2D eigenvalue weighted by Crippen LogP contribution is 2.34. The third-order valence-electron chi connectivity index (χ3n) is 3.42. The molecule has 1 heterocycles. The van der Waals surface area contributed by atoms with Crippen LogP contribution in [0.2, 0.25) is 0 Å². The molecule has 2 rings (SSSR count). The lowest BCUT2D eigenvalue weighted by molar-refractivity contribution is -0.744. The molecule has 0 radical (unpaired) electrons. The van der Waals surface area contributed by atoms with E-state index in [0.29, 0.717) is 10.5 Å². The molecule has 0 spiro atoms. The Kier molecular flexibility index (Phi) is 1.83. The Morgan fingerprint density at radius 1 is 1.17 bits per heavy atom. The number of nitrogens with two attached hydrogens (primary N) is 1. The van der Waals surface area contributed by atoms with Crippen LogP contribution in [0.15, 0.2) is 0 Å². The first-order chi connectivity index (χ1) is 5.76. The van der Waals surface area contributed by atoms with E-state index in [1.807, 2.05) is 0 Å². The molecule has 0 aromatic heterocycles. The van der Waals surface area contributed by atoms with Crippen molar-refractivity contribution in [1.29, 1.82) is 0 Å². The van der Waals surface area contributed by atoms with E-state index in [1.165, 1.54) is 32.1 Å². The van der Waals surface area contributed by atoms with Crippen molar-refractivity contribution in [3.8, 4) is 0 Å². The number of primary amides is 1. The lowest BCUT2D eigenvalue weighted by Gasteiger charge is -2.27. The average molecular weight is 169 g/mol. The molecule has 0 atom stereocenters. The van der Waals surface area contributed by atoms with Crippen molar-refractivity contribution in [3.63, 3.8) is 0 Å². The third-order valence-corrected chi connectivity index (χ3v) is 3.42. The lowest BCUT2D eigenvalue weighted by atomic mass is 9.94. The van der Waals surface area contributed by atoms with Crippen molar-refractivity contribution in [2.75, 3.05) is 13.1 Å². The van der Waals surface area contributed by atoms with Gasteiger partial charge in [0, 0.05) is 0 Å². The summed E-state index contributed by atoms with van der Waals surface area (Å²) in [6, 6.07) is 0.471. The van der Waals surface area contributed by atoms with E-state index in [4.69, 9.17) is 5.73 Å². The summed E-state index contributed by atoms with van der Waals surface area (Å²) in [5.74, 6) is 0. The van der Waals surface area contributed by atoms with Crippen LogP contribution in [-0.4, -0.2) is 29.6 Å². The van der Waals surface area contributed by atoms with Crippen LogP contribution in [0.4, 0.5) is 4.79 Å². The van der Waals surface area contributed by atoms with Crippen molar-refractivity contribution >= 4 is 6.03 Å². The fraction of sp³-hybridized carbons (Fsp3) is 0.889. The third kappa shape index (κ3) is 1.12. The van der Waals surface area contributed by atoms with Gasteiger partial charge in [-0.05, 0) is 25.7 Å². The quantitative estimate of drug-likeness (QED) is 0.465. The minimum Gasteiger partial charge on any atom is -0.319 e. The van der Waals surface area contributed by atoms with Gasteiger partial charge >= 0.3 is 6.03 Å². The first kappa shape index (κ1) is 8.05. The molecule has 68 valence electrons. The predicted octanol–water partition coefficient (Wildman–Crippen LogP) is 1.23. The molecule has 3 nitrogen and oxygen atoms in total. The Labute approximate surface area is 73.1 Å². The molecule has 12 heavy (non-hydrogen) atoms. The molecular weight excluding hydrogens is 152 g/mol. The van der Waals surface area contributed by atoms with Gasteiger partial charge in [0.2, 0.25) is 0 Å². The van der Waals surface area contributed by atoms with E-state index in [9.17, 15) is 4.79 Å². The Hall–Kier alpha value is -0.570. The van der Waals surface area contributed by atoms with Crippen molar-refractivity contribution in [2.45, 2.75) is 38.1 Å². The predicted molar refractivity (Wildman–Crippen MR) is 46.5 cm³/mol. The minimum absolute atomic E-state index is 0.0955. The Balaban J connectivity index is 2.02.